The lowest BCUT2D eigenvalue weighted by Crippen LogP contribution is -2.34. The van der Waals surface area contributed by atoms with Gasteiger partial charge in [0.15, 0.2) is 6.61 Å². The van der Waals surface area contributed by atoms with E-state index in [4.69, 9.17) is 4.74 Å². The molecular formula is C21H23N3O3. The highest BCUT2D eigenvalue weighted by Gasteiger charge is 2.15. The highest BCUT2D eigenvalue weighted by atomic mass is 16.5. The normalized spacial score (nSPS) is 10.9. The summed E-state index contributed by atoms with van der Waals surface area (Å²) in [4.78, 5) is 28.3. The molecule has 2 aromatic carbocycles. The number of imidazole rings is 1. The number of amides is 1. The minimum absolute atomic E-state index is 0.0157. The van der Waals surface area contributed by atoms with Crippen LogP contribution in [0.3, 0.4) is 0 Å². The van der Waals surface area contributed by atoms with Crippen LogP contribution in [0.5, 0.6) is 0 Å². The third kappa shape index (κ3) is 4.73. The minimum Gasteiger partial charge on any atom is -0.456 e. The van der Waals surface area contributed by atoms with Gasteiger partial charge in [-0.2, -0.15) is 0 Å². The number of carbonyl (C=O) groups excluding carboxylic acids is 2. The van der Waals surface area contributed by atoms with Crippen molar-refractivity contribution in [1.29, 1.82) is 0 Å². The first-order valence-electron chi connectivity index (χ1n) is 9.01. The molecule has 0 aliphatic heterocycles. The molecule has 0 saturated carbocycles. The molecule has 0 spiro atoms. The first-order chi connectivity index (χ1) is 13.0. The van der Waals surface area contributed by atoms with Crippen LogP contribution in [0.4, 0.5) is 0 Å². The molecule has 1 aromatic heterocycles. The molecule has 3 rings (SSSR count). The molecule has 0 radical (unpaired) electrons. The quantitative estimate of drug-likeness (QED) is 0.653. The van der Waals surface area contributed by atoms with Crippen LogP contribution < -0.4 is 5.32 Å². The number of hydrogen-bond donors (Lipinski definition) is 1. The van der Waals surface area contributed by atoms with Crippen molar-refractivity contribution in [3.8, 4) is 5.69 Å². The molecule has 0 bridgehead atoms. The van der Waals surface area contributed by atoms with Gasteiger partial charge in [0.05, 0.1) is 17.5 Å². The van der Waals surface area contributed by atoms with Gasteiger partial charge < -0.3 is 10.1 Å². The summed E-state index contributed by atoms with van der Waals surface area (Å²) in [7, 11) is 0. The molecule has 1 heterocycles. The second kappa shape index (κ2) is 8.49. The van der Waals surface area contributed by atoms with Crippen LogP contribution in [0.1, 0.15) is 26.1 Å². The summed E-state index contributed by atoms with van der Waals surface area (Å²) in [5, 5.41) is 2.69. The number of carbonyl (C=O) groups is 2. The van der Waals surface area contributed by atoms with Crippen LogP contribution in [0.25, 0.3) is 16.7 Å². The predicted octanol–water partition coefficient (Wildman–Crippen LogP) is 3.03. The fourth-order valence-corrected chi connectivity index (χ4v) is 2.90. The van der Waals surface area contributed by atoms with Crippen molar-refractivity contribution >= 4 is 22.9 Å². The van der Waals surface area contributed by atoms with Crippen molar-refractivity contribution in [3.63, 3.8) is 0 Å². The summed E-state index contributed by atoms with van der Waals surface area (Å²) >= 11 is 0. The lowest BCUT2D eigenvalue weighted by molar-refractivity contribution is -0.148. The molecule has 1 amide bonds. The Hall–Kier alpha value is -3.15. The molecule has 0 saturated heterocycles. The van der Waals surface area contributed by atoms with E-state index in [0.29, 0.717) is 6.42 Å². The van der Waals surface area contributed by atoms with Gasteiger partial charge in [0, 0.05) is 18.2 Å². The molecule has 1 N–H and O–H groups in total. The van der Waals surface area contributed by atoms with E-state index in [-0.39, 0.29) is 25.0 Å². The van der Waals surface area contributed by atoms with Crippen molar-refractivity contribution in [3.05, 3.63) is 60.4 Å². The van der Waals surface area contributed by atoms with Crippen LogP contribution in [0, 0.1) is 0 Å². The third-order valence-electron chi connectivity index (χ3n) is 4.01. The minimum atomic E-state index is -0.416. The fourth-order valence-electron chi connectivity index (χ4n) is 2.90. The van der Waals surface area contributed by atoms with Crippen molar-refractivity contribution in [1.82, 2.24) is 14.9 Å². The van der Waals surface area contributed by atoms with Gasteiger partial charge in [-0.1, -0.05) is 30.3 Å². The first kappa shape index (κ1) is 18.6. The number of aryl methyl sites for hydroxylation is 1. The number of esters is 1. The van der Waals surface area contributed by atoms with Gasteiger partial charge >= 0.3 is 5.97 Å². The fraction of sp³-hybridized carbons (Fsp3) is 0.286. The summed E-state index contributed by atoms with van der Waals surface area (Å²) in [5.74, 6) is 0.0708. The van der Waals surface area contributed by atoms with Crippen LogP contribution in [-0.2, 0) is 20.7 Å². The maximum atomic E-state index is 12.0. The standard InChI is InChI=1S/C21H23N3O3/c1-15(2)22-20(25)14-27-21(26)13-12-19-23-17-10-6-7-11-18(17)24(19)16-8-4-3-5-9-16/h3-11,15H,12-14H2,1-2H3,(H,22,25). The molecule has 0 unspecified atom stereocenters. The number of nitrogens with zero attached hydrogens (tertiary/aromatic N) is 2. The summed E-state index contributed by atoms with van der Waals surface area (Å²) in [5.41, 5.74) is 2.86. The molecule has 0 fully saturated rings. The average molecular weight is 365 g/mol. The number of aromatic nitrogens is 2. The topological polar surface area (TPSA) is 73.2 Å². The van der Waals surface area contributed by atoms with Gasteiger partial charge in [-0.3, -0.25) is 14.2 Å². The summed E-state index contributed by atoms with van der Waals surface area (Å²) in [6, 6.07) is 17.8. The van der Waals surface area contributed by atoms with E-state index in [9.17, 15) is 9.59 Å². The Morgan fingerprint density at radius 1 is 1.07 bits per heavy atom. The molecule has 140 valence electrons. The second-order valence-corrected chi connectivity index (χ2v) is 6.57. The van der Waals surface area contributed by atoms with E-state index in [1.54, 1.807) is 0 Å². The van der Waals surface area contributed by atoms with Crippen molar-refractivity contribution < 1.29 is 14.3 Å². The summed E-state index contributed by atoms with van der Waals surface area (Å²) < 4.78 is 7.11. The Kier molecular flexibility index (Phi) is 5.86. The van der Waals surface area contributed by atoms with E-state index in [2.05, 4.69) is 10.3 Å². The van der Waals surface area contributed by atoms with Crippen LogP contribution in [-0.4, -0.2) is 34.1 Å². The number of fused-ring (bicyclic) bond motifs is 1. The molecule has 0 atom stereocenters. The number of para-hydroxylation sites is 3. The zero-order valence-corrected chi connectivity index (χ0v) is 15.5. The van der Waals surface area contributed by atoms with Crippen LogP contribution in [0.15, 0.2) is 54.6 Å². The van der Waals surface area contributed by atoms with Gasteiger partial charge in [-0.05, 0) is 38.1 Å². The van der Waals surface area contributed by atoms with E-state index in [1.165, 1.54) is 0 Å². The molecule has 0 aliphatic carbocycles. The number of benzene rings is 2. The van der Waals surface area contributed by atoms with E-state index in [1.807, 2.05) is 73.0 Å². The van der Waals surface area contributed by atoms with E-state index >= 15 is 0 Å². The van der Waals surface area contributed by atoms with Crippen molar-refractivity contribution in [2.75, 3.05) is 6.61 Å². The first-order valence-corrected chi connectivity index (χ1v) is 9.01. The lowest BCUT2D eigenvalue weighted by Gasteiger charge is -2.10. The van der Waals surface area contributed by atoms with Gasteiger partial charge in [0.2, 0.25) is 0 Å². The number of nitrogens with one attached hydrogen (secondary N) is 1. The molecule has 3 aromatic rings. The number of rotatable bonds is 7. The monoisotopic (exact) mass is 365 g/mol. The van der Waals surface area contributed by atoms with Gasteiger partial charge in [-0.25, -0.2) is 4.98 Å². The van der Waals surface area contributed by atoms with Gasteiger partial charge in [0.1, 0.15) is 5.82 Å². The Balaban J connectivity index is 1.72. The second-order valence-electron chi connectivity index (χ2n) is 6.57. The molecule has 0 aliphatic rings. The highest BCUT2D eigenvalue weighted by molar-refractivity contribution is 5.81. The lowest BCUT2D eigenvalue weighted by atomic mass is 10.2. The van der Waals surface area contributed by atoms with Crippen LogP contribution in [0.2, 0.25) is 0 Å². The smallest absolute Gasteiger partial charge is 0.306 e. The number of ether oxygens (including phenoxy) is 1. The van der Waals surface area contributed by atoms with E-state index in [0.717, 1.165) is 22.5 Å². The zero-order valence-electron chi connectivity index (χ0n) is 15.5. The predicted molar refractivity (Wildman–Crippen MR) is 104 cm³/mol. The molecule has 27 heavy (non-hydrogen) atoms. The SMILES string of the molecule is CC(C)NC(=O)COC(=O)CCc1nc2ccccc2n1-c1ccccc1. The molecule has 6 heteroatoms. The van der Waals surface area contributed by atoms with Crippen molar-refractivity contribution in [2.45, 2.75) is 32.7 Å². The zero-order chi connectivity index (χ0) is 19.2. The Morgan fingerprint density at radius 2 is 1.78 bits per heavy atom. The summed E-state index contributed by atoms with van der Waals surface area (Å²) in [6.07, 6.45) is 0.583. The van der Waals surface area contributed by atoms with E-state index < -0.39 is 5.97 Å². The molecular weight excluding hydrogens is 342 g/mol. The average Bonchev–Trinajstić information content (AvgIpc) is 3.03. The Bertz CT molecular complexity index is 932. The van der Waals surface area contributed by atoms with Gasteiger partial charge in [0.25, 0.3) is 5.91 Å². The maximum Gasteiger partial charge on any atom is 0.306 e. The van der Waals surface area contributed by atoms with Crippen molar-refractivity contribution in [2.24, 2.45) is 0 Å². The Morgan fingerprint density at radius 3 is 2.52 bits per heavy atom. The van der Waals surface area contributed by atoms with Crippen LogP contribution >= 0.6 is 0 Å². The van der Waals surface area contributed by atoms with Gasteiger partial charge in [-0.15, -0.1) is 0 Å². The third-order valence-corrected chi connectivity index (χ3v) is 4.01. The Labute approximate surface area is 158 Å². The maximum absolute atomic E-state index is 12.0. The largest absolute Gasteiger partial charge is 0.456 e. The summed E-state index contributed by atoms with van der Waals surface area (Å²) in [6.45, 7) is 3.45. The number of hydrogen-bond acceptors (Lipinski definition) is 4. The molecule has 6 nitrogen and oxygen atoms in total. The highest BCUT2D eigenvalue weighted by Crippen LogP contribution is 2.22.